The van der Waals surface area contributed by atoms with Crippen molar-refractivity contribution in [3.05, 3.63) is 45.8 Å². The average molecular weight is 315 g/mol. The first kappa shape index (κ1) is 14.3. The van der Waals surface area contributed by atoms with Crippen LogP contribution in [0.4, 0.5) is 5.69 Å². The van der Waals surface area contributed by atoms with E-state index in [9.17, 15) is 9.59 Å². The predicted molar refractivity (Wildman–Crippen MR) is 84.0 cm³/mol. The highest BCUT2D eigenvalue weighted by molar-refractivity contribution is 7.18. The molecule has 0 aliphatic carbocycles. The van der Waals surface area contributed by atoms with Crippen molar-refractivity contribution in [1.29, 1.82) is 0 Å². The van der Waals surface area contributed by atoms with E-state index < -0.39 is 0 Å². The van der Waals surface area contributed by atoms with Crippen molar-refractivity contribution in [1.82, 2.24) is 19.5 Å². The number of carbonyl (C=O) groups is 1. The van der Waals surface area contributed by atoms with E-state index in [4.69, 9.17) is 0 Å². The Morgan fingerprint density at radius 3 is 2.77 bits per heavy atom. The number of aryl methyl sites for hydroxylation is 2. The molecule has 0 aliphatic heterocycles. The van der Waals surface area contributed by atoms with Gasteiger partial charge in [-0.3, -0.25) is 14.2 Å². The summed E-state index contributed by atoms with van der Waals surface area (Å²) in [5.41, 5.74) is 1.20. The number of amides is 1. The third kappa shape index (κ3) is 2.60. The van der Waals surface area contributed by atoms with Crippen LogP contribution in [0.2, 0.25) is 0 Å². The Labute approximate surface area is 129 Å². The lowest BCUT2D eigenvalue weighted by Crippen LogP contribution is -2.27. The van der Waals surface area contributed by atoms with Crippen LogP contribution in [0, 0.1) is 13.8 Å². The van der Waals surface area contributed by atoms with Gasteiger partial charge in [0, 0.05) is 4.88 Å². The predicted octanol–water partition coefficient (Wildman–Crippen LogP) is 1.50. The number of carbonyl (C=O) groups excluding carboxylic acids is 1. The summed E-state index contributed by atoms with van der Waals surface area (Å²) in [6.07, 6.45) is 5.75. The summed E-state index contributed by atoms with van der Waals surface area (Å²) in [6, 6.07) is 0. The monoisotopic (exact) mass is 315 g/mol. The number of hydrogen-bond acceptors (Lipinski definition) is 6. The molecule has 0 fully saturated rings. The molecule has 112 valence electrons. The van der Waals surface area contributed by atoms with Gasteiger partial charge in [0.25, 0.3) is 5.56 Å². The Hall–Kier alpha value is -2.61. The minimum absolute atomic E-state index is 0.106. The molecule has 1 amide bonds. The van der Waals surface area contributed by atoms with E-state index in [0.717, 1.165) is 10.4 Å². The number of nitrogens with zero attached hydrogens (tertiary/aromatic N) is 4. The molecule has 0 aliphatic rings. The highest BCUT2D eigenvalue weighted by Crippen LogP contribution is 2.25. The molecule has 3 aromatic rings. The van der Waals surface area contributed by atoms with Crippen LogP contribution in [-0.4, -0.2) is 25.4 Å². The molecule has 3 heterocycles. The van der Waals surface area contributed by atoms with Gasteiger partial charge in [-0.25, -0.2) is 15.0 Å². The van der Waals surface area contributed by atoms with Gasteiger partial charge in [0.2, 0.25) is 5.91 Å². The minimum Gasteiger partial charge on any atom is -0.322 e. The van der Waals surface area contributed by atoms with E-state index >= 15 is 0 Å². The highest BCUT2D eigenvalue weighted by Gasteiger charge is 2.13. The summed E-state index contributed by atoms with van der Waals surface area (Å²) in [6.45, 7) is 3.74. The van der Waals surface area contributed by atoms with Crippen LogP contribution in [0.25, 0.3) is 10.2 Å². The van der Waals surface area contributed by atoms with Crippen molar-refractivity contribution in [3.8, 4) is 0 Å². The fourth-order valence-electron chi connectivity index (χ4n) is 2.10. The lowest BCUT2D eigenvalue weighted by molar-refractivity contribution is -0.116. The van der Waals surface area contributed by atoms with Gasteiger partial charge in [0.15, 0.2) is 0 Å². The second kappa shape index (κ2) is 5.64. The van der Waals surface area contributed by atoms with Crippen molar-refractivity contribution >= 4 is 33.1 Å². The Morgan fingerprint density at radius 1 is 1.32 bits per heavy atom. The first-order valence-electron chi connectivity index (χ1n) is 6.56. The second-order valence-electron chi connectivity index (χ2n) is 4.82. The van der Waals surface area contributed by atoms with Crippen molar-refractivity contribution in [3.63, 3.8) is 0 Å². The molecule has 7 nitrogen and oxygen atoms in total. The van der Waals surface area contributed by atoms with Crippen LogP contribution in [-0.2, 0) is 11.3 Å². The quantitative estimate of drug-likeness (QED) is 0.791. The number of nitrogens with one attached hydrogen (secondary N) is 1. The van der Waals surface area contributed by atoms with Gasteiger partial charge in [-0.15, -0.1) is 11.3 Å². The van der Waals surface area contributed by atoms with E-state index in [-0.39, 0.29) is 18.0 Å². The van der Waals surface area contributed by atoms with E-state index in [1.807, 2.05) is 13.8 Å². The summed E-state index contributed by atoms with van der Waals surface area (Å²) in [5.74, 6) is -0.331. The van der Waals surface area contributed by atoms with E-state index in [2.05, 4.69) is 20.3 Å². The fraction of sp³-hybridized carbons (Fsp3) is 0.214. The summed E-state index contributed by atoms with van der Waals surface area (Å²) < 4.78 is 1.31. The third-order valence-electron chi connectivity index (χ3n) is 3.31. The number of aromatic nitrogens is 4. The molecular formula is C14H13N5O2S. The number of fused-ring (bicyclic) bond motifs is 1. The molecule has 0 bridgehead atoms. The van der Waals surface area contributed by atoms with E-state index in [1.165, 1.54) is 41.0 Å². The average Bonchev–Trinajstić information content (AvgIpc) is 2.79. The zero-order valence-corrected chi connectivity index (χ0v) is 12.8. The van der Waals surface area contributed by atoms with Gasteiger partial charge in [-0.2, -0.15) is 0 Å². The van der Waals surface area contributed by atoms with Gasteiger partial charge in [-0.1, -0.05) is 0 Å². The van der Waals surface area contributed by atoms with Crippen LogP contribution in [0.1, 0.15) is 10.4 Å². The van der Waals surface area contributed by atoms with Crippen LogP contribution < -0.4 is 10.9 Å². The van der Waals surface area contributed by atoms with Gasteiger partial charge < -0.3 is 5.32 Å². The first-order valence-corrected chi connectivity index (χ1v) is 7.38. The SMILES string of the molecule is Cc1sc2ncn(CC(=O)Nc3cncnc3)c(=O)c2c1C. The molecule has 3 aromatic heterocycles. The zero-order valence-electron chi connectivity index (χ0n) is 12.0. The molecule has 1 N–H and O–H groups in total. The molecule has 22 heavy (non-hydrogen) atoms. The lowest BCUT2D eigenvalue weighted by Gasteiger charge is -2.06. The van der Waals surface area contributed by atoms with Crippen LogP contribution in [0.15, 0.2) is 29.8 Å². The standard InChI is InChI=1S/C14H13N5O2S/c1-8-9(2)22-13-12(8)14(21)19(7-17-13)5-11(20)18-10-3-15-6-16-4-10/h3-4,6-7H,5H2,1-2H3,(H,18,20). The number of anilines is 1. The van der Waals surface area contributed by atoms with Crippen LogP contribution >= 0.6 is 11.3 Å². The Kier molecular flexibility index (Phi) is 3.68. The molecule has 8 heteroatoms. The topological polar surface area (TPSA) is 89.8 Å². The van der Waals surface area contributed by atoms with Gasteiger partial charge in [0.05, 0.1) is 29.8 Å². The molecule has 0 atom stereocenters. The van der Waals surface area contributed by atoms with Crippen molar-refractivity contribution < 1.29 is 4.79 Å². The summed E-state index contributed by atoms with van der Waals surface area (Å²) >= 11 is 1.48. The molecular weight excluding hydrogens is 302 g/mol. The second-order valence-corrected chi connectivity index (χ2v) is 6.02. The molecule has 0 aromatic carbocycles. The molecule has 0 spiro atoms. The summed E-state index contributed by atoms with van der Waals surface area (Å²) in [5, 5.41) is 3.22. The normalized spacial score (nSPS) is 10.8. The fourth-order valence-corrected chi connectivity index (χ4v) is 3.09. The highest BCUT2D eigenvalue weighted by atomic mass is 32.1. The lowest BCUT2D eigenvalue weighted by atomic mass is 10.2. The van der Waals surface area contributed by atoms with Gasteiger partial charge >= 0.3 is 0 Å². The van der Waals surface area contributed by atoms with E-state index in [0.29, 0.717) is 15.9 Å². The summed E-state index contributed by atoms with van der Waals surface area (Å²) in [4.78, 5) is 38.1. The van der Waals surface area contributed by atoms with Crippen LogP contribution in [0.5, 0.6) is 0 Å². The molecule has 3 rings (SSSR count). The maximum atomic E-state index is 12.5. The molecule has 0 radical (unpaired) electrons. The molecule has 0 saturated heterocycles. The largest absolute Gasteiger partial charge is 0.322 e. The van der Waals surface area contributed by atoms with Crippen molar-refractivity contribution in [2.24, 2.45) is 0 Å². The maximum Gasteiger partial charge on any atom is 0.262 e. The Balaban J connectivity index is 1.88. The number of thiophene rings is 1. The first-order chi connectivity index (χ1) is 10.6. The molecule has 0 unspecified atom stereocenters. The maximum absolute atomic E-state index is 12.5. The Morgan fingerprint density at radius 2 is 2.05 bits per heavy atom. The van der Waals surface area contributed by atoms with Gasteiger partial charge in [0.1, 0.15) is 17.7 Å². The number of hydrogen-bond donors (Lipinski definition) is 1. The van der Waals surface area contributed by atoms with Crippen molar-refractivity contribution in [2.75, 3.05) is 5.32 Å². The smallest absolute Gasteiger partial charge is 0.262 e. The number of rotatable bonds is 3. The van der Waals surface area contributed by atoms with E-state index in [1.54, 1.807) is 0 Å². The van der Waals surface area contributed by atoms with Crippen molar-refractivity contribution in [2.45, 2.75) is 20.4 Å². The minimum atomic E-state index is -0.331. The zero-order chi connectivity index (χ0) is 15.7. The Bertz CT molecular complexity index is 901. The van der Waals surface area contributed by atoms with Crippen LogP contribution in [0.3, 0.4) is 0 Å². The summed E-state index contributed by atoms with van der Waals surface area (Å²) in [7, 11) is 0. The molecule has 0 saturated carbocycles. The third-order valence-corrected chi connectivity index (χ3v) is 4.43. The van der Waals surface area contributed by atoms with Gasteiger partial charge in [-0.05, 0) is 19.4 Å².